The summed E-state index contributed by atoms with van der Waals surface area (Å²) in [4.78, 5) is 20.1. The molecule has 3 aromatic rings. The molecule has 126 valence electrons. The van der Waals surface area contributed by atoms with E-state index in [1.54, 1.807) is 30.3 Å². The Kier molecular flexibility index (Phi) is 4.95. The second-order valence-electron chi connectivity index (χ2n) is 5.30. The van der Waals surface area contributed by atoms with E-state index in [2.05, 4.69) is 36.5 Å². The monoisotopic (exact) mass is 398 g/mol. The average molecular weight is 399 g/mol. The Hall–Kier alpha value is -2.93. The van der Waals surface area contributed by atoms with Gasteiger partial charge in [-0.05, 0) is 47.1 Å². The predicted molar refractivity (Wildman–Crippen MR) is 101 cm³/mol. The Morgan fingerprint density at radius 1 is 1.00 bits per heavy atom. The van der Waals surface area contributed by atoms with Gasteiger partial charge in [-0.2, -0.15) is 4.98 Å². The molecule has 1 aromatic heterocycles. The summed E-state index contributed by atoms with van der Waals surface area (Å²) in [6.07, 6.45) is 0. The summed E-state index contributed by atoms with van der Waals surface area (Å²) >= 11 is 3.47. The van der Waals surface area contributed by atoms with Crippen molar-refractivity contribution in [2.75, 3.05) is 10.6 Å². The summed E-state index contributed by atoms with van der Waals surface area (Å²) in [5, 5.41) is 15.5. The minimum atomic E-state index is -1.000. The molecule has 3 rings (SSSR count). The van der Waals surface area contributed by atoms with Crippen LogP contribution in [0.2, 0.25) is 0 Å². The topological polar surface area (TPSA) is 87.1 Å². The Morgan fingerprint density at radius 2 is 1.68 bits per heavy atom. The van der Waals surface area contributed by atoms with Crippen LogP contribution in [0.5, 0.6) is 0 Å². The van der Waals surface area contributed by atoms with E-state index < -0.39 is 5.97 Å². The molecule has 6 nitrogen and oxygen atoms in total. The van der Waals surface area contributed by atoms with E-state index in [9.17, 15) is 9.90 Å². The fraction of sp³-hybridized carbons (Fsp3) is 0.0556. The number of carboxylic acid groups (broad SMARTS) is 1. The van der Waals surface area contributed by atoms with Gasteiger partial charge in [0, 0.05) is 16.2 Å². The molecule has 0 aliphatic heterocycles. The predicted octanol–water partition coefficient (Wildman–Crippen LogP) is 4.73. The van der Waals surface area contributed by atoms with E-state index in [4.69, 9.17) is 0 Å². The lowest BCUT2D eigenvalue weighted by Gasteiger charge is -2.12. The van der Waals surface area contributed by atoms with Crippen LogP contribution in [0.25, 0.3) is 0 Å². The number of benzene rings is 2. The molecule has 2 aromatic carbocycles. The summed E-state index contributed by atoms with van der Waals surface area (Å²) in [5.74, 6) is -0.0709. The zero-order valence-electron chi connectivity index (χ0n) is 13.3. The van der Waals surface area contributed by atoms with Gasteiger partial charge in [-0.25, -0.2) is 9.78 Å². The number of para-hydroxylation sites is 2. The van der Waals surface area contributed by atoms with Crippen LogP contribution in [0.3, 0.4) is 0 Å². The van der Waals surface area contributed by atoms with E-state index in [1.165, 1.54) is 0 Å². The van der Waals surface area contributed by atoms with Crippen LogP contribution in [-0.2, 0) is 0 Å². The number of hydrogen-bond donors (Lipinski definition) is 3. The summed E-state index contributed by atoms with van der Waals surface area (Å²) < 4.78 is 0.894. The van der Waals surface area contributed by atoms with Crippen molar-refractivity contribution in [3.05, 3.63) is 70.3 Å². The molecule has 25 heavy (non-hydrogen) atoms. The van der Waals surface area contributed by atoms with Gasteiger partial charge < -0.3 is 15.7 Å². The first-order valence-electron chi connectivity index (χ1n) is 7.49. The van der Waals surface area contributed by atoms with Crippen molar-refractivity contribution in [1.82, 2.24) is 9.97 Å². The van der Waals surface area contributed by atoms with Gasteiger partial charge >= 0.3 is 5.97 Å². The van der Waals surface area contributed by atoms with Crippen LogP contribution >= 0.6 is 15.9 Å². The first kappa shape index (κ1) is 16.9. The van der Waals surface area contributed by atoms with E-state index in [1.807, 2.05) is 31.2 Å². The van der Waals surface area contributed by atoms with Gasteiger partial charge in [0.25, 0.3) is 0 Å². The fourth-order valence-electron chi connectivity index (χ4n) is 2.29. The van der Waals surface area contributed by atoms with Crippen molar-refractivity contribution < 1.29 is 9.90 Å². The van der Waals surface area contributed by atoms with Crippen LogP contribution in [0.1, 0.15) is 16.1 Å². The van der Waals surface area contributed by atoms with Crippen LogP contribution in [0.4, 0.5) is 23.1 Å². The van der Waals surface area contributed by atoms with Crippen molar-refractivity contribution in [3.8, 4) is 0 Å². The van der Waals surface area contributed by atoms with Crippen molar-refractivity contribution in [2.24, 2.45) is 0 Å². The van der Waals surface area contributed by atoms with Gasteiger partial charge in [-0.3, -0.25) is 0 Å². The van der Waals surface area contributed by atoms with Gasteiger partial charge in [0.15, 0.2) is 0 Å². The molecule has 0 amide bonds. The van der Waals surface area contributed by atoms with Gasteiger partial charge in [-0.1, -0.05) is 24.3 Å². The van der Waals surface area contributed by atoms with Crippen molar-refractivity contribution in [1.29, 1.82) is 0 Å². The minimum Gasteiger partial charge on any atom is -0.478 e. The number of nitrogens with zero attached hydrogens (tertiary/aromatic N) is 2. The van der Waals surface area contributed by atoms with Gasteiger partial charge in [-0.15, -0.1) is 0 Å². The molecule has 0 atom stereocenters. The largest absolute Gasteiger partial charge is 0.478 e. The molecular weight excluding hydrogens is 384 g/mol. The molecule has 0 fully saturated rings. The lowest BCUT2D eigenvalue weighted by Crippen LogP contribution is -2.06. The smallest absolute Gasteiger partial charge is 0.337 e. The van der Waals surface area contributed by atoms with Crippen molar-refractivity contribution >= 4 is 45.0 Å². The second kappa shape index (κ2) is 7.31. The molecule has 0 spiro atoms. The summed E-state index contributed by atoms with van der Waals surface area (Å²) in [6.45, 7) is 1.85. The maximum atomic E-state index is 11.3. The molecule has 0 bridgehead atoms. The molecule has 0 aliphatic carbocycles. The van der Waals surface area contributed by atoms with Crippen LogP contribution in [0.15, 0.2) is 59.1 Å². The van der Waals surface area contributed by atoms with E-state index in [0.29, 0.717) is 17.5 Å². The third-order valence-electron chi connectivity index (χ3n) is 3.39. The molecule has 1 heterocycles. The number of carbonyl (C=O) groups is 1. The Balaban J connectivity index is 1.90. The number of rotatable bonds is 5. The normalized spacial score (nSPS) is 10.3. The van der Waals surface area contributed by atoms with Crippen LogP contribution < -0.4 is 10.6 Å². The van der Waals surface area contributed by atoms with Crippen LogP contribution in [-0.4, -0.2) is 21.0 Å². The highest BCUT2D eigenvalue weighted by atomic mass is 79.9. The molecule has 3 N–H and O–H groups in total. The Bertz CT molecular complexity index is 930. The lowest BCUT2D eigenvalue weighted by molar-refractivity contribution is 0.0698. The maximum absolute atomic E-state index is 11.3. The summed E-state index contributed by atoms with van der Waals surface area (Å²) in [7, 11) is 0. The van der Waals surface area contributed by atoms with Crippen molar-refractivity contribution in [2.45, 2.75) is 6.92 Å². The zero-order chi connectivity index (χ0) is 17.8. The Morgan fingerprint density at radius 3 is 2.40 bits per heavy atom. The molecule has 0 saturated heterocycles. The van der Waals surface area contributed by atoms with E-state index in [-0.39, 0.29) is 5.56 Å². The summed E-state index contributed by atoms with van der Waals surface area (Å²) in [6, 6.07) is 16.1. The number of aromatic nitrogens is 2. The highest BCUT2D eigenvalue weighted by molar-refractivity contribution is 9.10. The first-order valence-corrected chi connectivity index (χ1v) is 8.29. The molecule has 0 aliphatic rings. The number of aryl methyl sites for hydroxylation is 1. The van der Waals surface area contributed by atoms with Crippen molar-refractivity contribution in [3.63, 3.8) is 0 Å². The third kappa shape index (κ3) is 4.13. The quantitative estimate of drug-likeness (QED) is 0.575. The standard InChI is InChI=1S/C18H15BrN4O2/c1-11-10-16(21-14-8-4-2-6-12(14)17(24)25)23-18(20-11)22-15-9-5-3-7-13(15)19/h2-10H,1H3,(H,24,25)(H2,20,21,22,23). The number of halogens is 1. The number of nitrogens with one attached hydrogen (secondary N) is 2. The molecule has 0 unspecified atom stereocenters. The fourth-order valence-corrected chi connectivity index (χ4v) is 2.67. The second-order valence-corrected chi connectivity index (χ2v) is 6.15. The lowest BCUT2D eigenvalue weighted by atomic mass is 10.2. The molecular formula is C18H15BrN4O2. The van der Waals surface area contributed by atoms with E-state index >= 15 is 0 Å². The maximum Gasteiger partial charge on any atom is 0.337 e. The summed E-state index contributed by atoms with van der Waals surface area (Å²) in [5.41, 5.74) is 2.24. The average Bonchev–Trinajstić information content (AvgIpc) is 2.57. The highest BCUT2D eigenvalue weighted by Crippen LogP contribution is 2.25. The first-order chi connectivity index (χ1) is 12.0. The number of hydrogen-bond acceptors (Lipinski definition) is 5. The van der Waals surface area contributed by atoms with Gasteiger partial charge in [0.2, 0.25) is 5.95 Å². The highest BCUT2D eigenvalue weighted by Gasteiger charge is 2.11. The zero-order valence-corrected chi connectivity index (χ0v) is 14.9. The SMILES string of the molecule is Cc1cc(Nc2ccccc2C(=O)O)nc(Nc2ccccc2Br)n1. The van der Waals surface area contributed by atoms with E-state index in [0.717, 1.165) is 15.9 Å². The number of aromatic carboxylic acids is 1. The van der Waals surface area contributed by atoms with Gasteiger partial charge in [0.05, 0.1) is 16.9 Å². The Labute approximate surface area is 153 Å². The third-order valence-corrected chi connectivity index (χ3v) is 4.09. The van der Waals surface area contributed by atoms with Crippen LogP contribution in [0, 0.1) is 6.92 Å². The minimum absolute atomic E-state index is 0.180. The molecule has 0 radical (unpaired) electrons. The number of anilines is 4. The number of carboxylic acids is 1. The molecule has 7 heteroatoms. The van der Waals surface area contributed by atoms with Gasteiger partial charge in [0.1, 0.15) is 5.82 Å². The molecule has 0 saturated carbocycles.